The first kappa shape index (κ1) is 12.0. The van der Waals surface area contributed by atoms with Crippen LogP contribution in [0.3, 0.4) is 0 Å². The maximum atomic E-state index is 11.4. The van der Waals surface area contributed by atoms with Crippen LogP contribution in [-0.4, -0.2) is 33.2 Å². The number of hydrogen-bond acceptors (Lipinski definition) is 3. The van der Waals surface area contributed by atoms with Crippen molar-refractivity contribution in [3.63, 3.8) is 0 Å². The van der Waals surface area contributed by atoms with Crippen molar-refractivity contribution in [2.75, 3.05) is 6.54 Å². The second-order valence-corrected chi connectivity index (χ2v) is 4.41. The van der Waals surface area contributed by atoms with Crippen molar-refractivity contribution in [2.45, 2.75) is 25.6 Å². The predicted molar refractivity (Wildman–Crippen MR) is 57.8 cm³/mol. The van der Waals surface area contributed by atoms with Gasteiger partial charge in [0, 0.05) is 6.54 Å². The van der Waals surface area contributed by atoms with Crippen LogP contribution in [0.25, 0.3) is 0 Å². The van der Waals surface area contributed by atoms with E-state index < -0.39 is 0 Å². The van der Waals surface area contributed by atoms with Gasteiger partial charge in [-0.25, -0.2) is 0 Å². The Morgan fingerprint density at radius 3 is 2.93 bits per heavy atom. The highest BCUT2D eigenvalue weighted by Gasteiger charge is 2.11. The zero-order valence-electron chi connectivity index (χ0n) is 8.83. The third-order valence-corrected chi connectivity index (χ3v) is 2.19. The van der Waals surface area contributed by atoms with E-state index in [2.05, 4.69) is 34.6 Å². The average molecular weight is 231 g/mol. The van der Waals surface area contributed by atoms with Gasteiger partial charge >= 0.3 is 0 Å². The molecule has 2 N–H and O–H groups in total. The highest BCUT2D eigenvalue weighted by Crippen LogP contribution is 2.09. The number of aromatic amines is 1. The summed E-state index contributed by atoms with van der Waals surface area (Å²) in [4.78, 5) is 11.4. The standard InChI is InChI=1S/C9H15ClN4O/c1-6(2)3-7(10)4-11-9(15)8-5-12-14-13-8/h5-7H,3-4H2,1-2H3,(H,11,15)(H,12,13,14). The maximum absolute atomic E-state index is 11.4. The van der Waals surface area contributed by atoms with E-state index in [0.29, 0.717) is 12.5 Å². The van der Waals surface area contributed by atoms with Gasteiger partial charge in [0.15, 0.2) is 5.69 Å². The first-order chi connectivity index (χ1) is 7.09. The van der Waals surface area contributed by atoms with Crippen molar-refractivity contribution < 1.29 is 4.79 Å². The van der Waals surface area contributed by atoms with E-state index in [0.717, 1.165) is 6.42 Å². The lowest BCUT2D eigenvalue weighted by Crippen LogP contribution is -2.30. The quantitative estimate of drug-likeness (QED) is 0.747. The summed E-state index contributed by atoms with van der Waals surface area (Å²) in [5.41, 5.74) is 0.281. The molecule has 84 valence electrons. The van der Waals surface area contributed by atoms with Crippen molar-refractivity contribution in [1.29, 1.82) is 0 Å². The number of nitrogens with zero attached hydrogens (tertiary/aromatic N) is 2. The van der Waals surface area contributed by atoms with E-state index in [-0.39, 0.29) is 17.0 Å². The minimum atomic E-state index is -0.252. The van der Waals surface area contributed by atoms with Crippen molar-refractivity contribution in [3.05, 3.63) is 11.9 Å². The molecule has 0 fully saturated rings. The lowest BCUT2D eigenvalue weighted by molar-refractivity contribution is 0.0948. The molecular formula is C9H15ClN4O. The maximum Gasteiger partial charge on any atom is 0.273 e. The second-order valence-electron chi connectivity index (χ2n) is 3.79. The molecule has 5 nitrogen and oxygen atoms in total. The van der Waals surface area contributed by atoms with E-state index in [1.807, 2.05) is 0 Å². The Bertz CT molecular complexity index is 299. The number of nitrogens with one attached hydrogen (secondary N) is 2. The lowest BCUT2D eigenvalue weighted by atomic mass is 10.1. The first-order valence-corrected chi connectivity index (χ1v) is 5.31. The molecule has 1 amide bonds. The monoisotopic (exact) mass is 230 g/mol. The molecular weight excluding hydrogens is 216 g/mol. The van der Waals surface area contributed by atoms with Gasteiger partial charge in [-0.2, -0.15) is 15.4 Å². The average Bonchev–Trinajstić information content (AvgIpc) is 2.65. The summed E-state index contributed by atoms with van der Waals surface area (Å²) in [6.45, 7) is 4.63. The number of carbonyl (C=O) groups excluding carboxylic acids is 1. The van der Waals surface area contributed by atoms with Crippen LogP contribution < -0.4 is 5.32 Å². The van der Waals surface area contributed by atoms with Gasteiger partial charge in [0.2, 0.25) is 0 Å². The number of H-pyrrole nitrogens is 1. The van der Waals surface area contributed by atoms with Crippen molar-refractivity contribution in [2.24, 2.45) is 5.92 Å². The van der Waals surface area contributed by atoms with Crippen LogP contribution in [0.5, 0.6) is 0 Å². The third kappa shape index (κ3) is 4.29. The molecule has 1 aromatic heterocycles. The molecule has 0 spiro atoms. The van der Waals surface area contributed by atoms with E-state index in [4.69, 9.17) is 11.6 Å². The Balaban J connectivity index is 2.28. The number of amides is 1. The highest BCUT2D eigenvalue weighted by atomic mass is 35.5. The first-order valence-electron chi connectivity index (χ1n) is 4.87. The highest BCUT2D eigenvalue weighted by molar-refractivity contribution is 6.20. The summed E-state index contributed by atoms with van der Waals surface area (Å²) in [7, 11) is 0. The summed E-state index contributed by atoms with van der Waals surface area (Å²) in [5, 5.41) is 12.2. The summed E-state index contributed by atoms with van der Waals surface area (Å²) in [6.07, 6.45) is 2.25. The van der Waals surface area contributed by atoms with Gasteiger partial charge in [-0.05, 0) is 12.3 Å². The summed E-state index contributed by atoms with van der Waals surface area (Å²) < 4.78 is 0. The Kier molecular flexibility index (Phi) is 4.55. The van der Waals surface area contributed by atoms with E-state index >= 15 is 0 Å². The largest absolute Gasteiger partial charge is 0.349 e. The van der Waals surface area contributed by atoms with Gasteiger partial charge in [-0.3, -0.25) is 4.79 Å². The number of aromatic nitrogens is 3. The van der Waals surface area contributed by atoms with E-state index in [9.17, 15) is 4.79 Å². The molecule has 0 radical (unpaired) electrons. The molecule has 1 unspecified atom stereocenters. The Morgan fingerprint density at radius 1 is 1.67 bits per heavy atom. The van der Waals surface area contributed by atoms with Gasteiger partial charge in [0.05, 0.1) is 11.6 Å². The van der Waals surface area contributed by atoms with Crippen LogP contribution in [0.1, 0.15) is 30.8 Å². The molecule has 0 aromatic carbocycles. The van der Waals surface area contributed by atoms with Crippen molar-refractivity contribution in [1.82, 2.24) is 20.7 Å². The summed E-state index contributed by atoms with van der Waals surface area (Å²) in [5.74, 6) is 0.273. The molecule has 6 heteroatoms. The van der Waals surface area contributed by atoms with Crippen molar-refractivity contribution in [3.8, 4) is 0 Å². The minimum Gasteiger partial charge on any atom is -0.349 e. The third-order valence-electron chi connectivity index (χ3n) is 1.86. The van der Waals surface area contributed by atoms with Gasteiger partial charge in [0.25, 0.3) is 5.91 Å². The molecule has 0 saturated carbocycles. The number of carbonyl (C=O) groups is 1. The van der Waals surface area contributed by atoms with Crippen LogP contribution >= 0.6 is 11.6 Å². The molecule has 0 saturated heterocycles. The Hall–Kier alpha value is -1.10. The number of alkyl halides is 1. The van der Waals surface area contributed by atoms with E-state index in [1.165, 1.54) is 6.20 Å². The van der Waals surface area contributed by atoms with Crippen LogP contribution in [0.15, 0.2) is 6.20 Å². The molecule has 1 aromatic rings. The Morgan fingerprint density at radius 2 is 2.40 bits per heavy atom. The van der Waals surface area contributed by atoms with Crippen LogP contribution in [0, 0.1) is 5.92 Å². The number of rotatable bonds is 5. The van der Waals surface area contributed by atoms with Crippen LogP contribution in [-0.2, 0) is 0 Å². The summed E-state index contributed by atoms with van der Waals surface area (Å²) in [6, 6.07) is 0. The van der Waals surface area contributed by atoms with Crippen LogP contribution in [0.2, 0.25) is 0 Å². The Labute approximate surface area is 93.6 Å². The number of hydrogen-bond donors (Lipinski definition) is 2. The van der Waals surface area contributed by atoms with Crippen LogP contribution in [0.4, 0.5) is 0 Å². The molecule has 1 rings (SSSR count). The minimum absolute atomic E-state index is 0.0409. The SMILES string of the molecule is CC(C)CC(Cl)CNC(=O)c1cn[nH]n1. The van der Waals surface area contributed by atoms with Gasteiger partial charge in [-0.15, -0.1) is 11.6 Å². The zero-order chi connectivity index (χ0) is 11.3. The summed E-state index contributed by atoms with van der Waals surface area (Å²) >= 11 is 6.02. The molecule has 1 atom stereocenters. The molecule has 0 aliphatic carbocycles. The molecule has 0 bridgehead atoms. The number of halogens is 1. The van der Waals surface area contributed by atoms with Gasteiger partial charge < -0.3 is 5.32 Å². The fourth-order valence-electron chi connectivity index (χ4n) is 1.20. The molecule has 1 heterocycles. The fourth-order valence-corrected chi connectivity index (χ4v) is 1.63. The predicted octanol–water partition coefficient (Wildman–Crippen LogP) is 1.19. The lowest BCUT2D eigenvalue weighted by Gasteiger charge is -2.11. The zero-order valence-corrected chi connectivity index (χ0v) is 9.58. The molecule has 15 heavy (non-hydrogen) atoms. The topological polar surface area (TPSA) is 70.7 Å². The molecule has 0 aliphatic heterocycles. The normalized spacial score (nSPS) is 12.8. The smallest absolute Gasteiger partial charge is 0.273 e. The fraction of sp³-hybridized carbons (Fsp3) is 0.667. The molecule has 0 aliphatic rings. The van der Waals surface area contributed by atoms with Crippen molar-refractivity contribution >= 4 is 17.5 Å². The van der Waals surface area contributed by atoms with E-state index in [1.54, 1.807) is 0 Å². The van der Waals surface area contributed by atoms with Gasteiger partial charge in [0.1, 0.15) is 0 Å². The second kappa shape index (κ2) is 5.70. The van der Waals surface area contributed by atoms with Gasteiger partial charge in [-0.1, -0.05) is 13.8 Å².